The first-order valence-corrected chi connectivity index (χ1v) is 10.7. The number of imide groups is 1. The minimum Gasteiger partial charge on any atom is -0.493 e. The number of carbonyl (C=O) groups excluding carboxylic acids is 2. The van der Waals surface area contributed by atoms with Crippen molar-refractivity contribution in [2.24, 2.45) is 0 Å². The SMILES string of the molecule is COc1cc(/C=C2\SC(=O)N(c3ccccc3F)C2=O)ccc1OCc1ccc(Cl)cc1. The first kappa shape index (κ1) is 21.9. The minimum absolute atomic E-state index is 0.0677. The molecule has 0 aliphatic carbocycles. The Bertz CT molecular complexity index is 1210. The van der Waals surface area contributed by atoms with Gasteiger partial charge in [-0.25, -0.2) is 9.29 Å². The van der Waals surface area contributed by atoms with Gasteiger partial charge in [0.05, 0.1) is 17.7 Å². The number of methoxy groups -OCH3 is 1. The van der Waals surface area contributed by atoms with Crippen molar-refractivity contribution in [3.05, 3.63) is 93.6 Å². The molecule has 0 bridgehead atoms. The number of ether oxygens (including phenoxy) is 2. The van der Waals surface area contributed by atoms with Crippen LogP contribution in [0.25, 0.3) is 6.08 Å². The highest BCUT2D eigenvalue weighted by Gasteiger charge is 2.37. The number of nitrogens with zero attached hydrogens (tertiary/aromatic N) is 1. The van der Waals surface area contributed by atoms with Gasteiger partial charge in [-0.1, -0.05) is 41.9 Å². The molecule has 3 aromatic rings. The molecule has 162 valence electrons. The lowest BCUT2D eigenvalue weighted by Gasteiger charge is -2.13. The fourth-order valence-corrected chi connectivity index (χ4v) is 4.06. The van der Waals surface area contributed by atoms with Crippen molar-refractivity contribution < 1.29 is 23.5 Å². The highest BCUT2D eigenvalue weighted by Crippen LogP contribution is 2.37. The van der Waals surface area contributed by atoms with Crippen LogP contribution in [0.3, 0.4) is 0 Å². The molecule has 2 amide bonds. The van der Waals surface area contributed by atoms with Crippen LogP contribution < -0.4 is 14.4 Å². The Morgan fingerprint density at radius 2 is 1.78 bits per heavy atom. The standard InChI is InChI=1S/C24H17ClFNO4S/c1-30-21-12-16(8-11-20(21)31-14-15-6-9-17(25)10-7-15)13-22-23(28)27(24(29)32-22)19-5-3-2-4-18(19)26/h2-13H,14H2,1H3/b22-13-. The van der Waals surface area contributed by atoms with E-state index in [1.54, 1.807) is 42.5 Å². The molecule has 0 spiro atoms. The van der Waals surface area contributed by atoms with E-state index in [4.69, 9.17) is 21.1 Å². The average molecular weight is 470 g/mol. The van der Waals surface area contributed by atoms with E-state index in [-0.39, 0.29) is 10.6 Å². The second-order valence-electron chi connectivity index (χ2n) is 6.79. The Labute approximate surface area is 193 Å². The third-order valence-corrected chi connectivity index (χ3v) is 5.80. The van der Waals surface area contributed by atoms with Crippen LogP contribution in [0.5, 0.6) is 11.5 Å². The van der Waals surface area contributed by atoms with Crippen LogP contribution >= 0.6 is 23.4 Å². The van der Waals surface area contributed by atoms with E-state index >= 15 is 0 Å². The number of para-hydroxylation sites is 1. The molecule has 3 aromatic carbocycles. The number of thioether (sulfide) groups is 1. The first-order valence-electron chi connectivity index (χ1n) is 9.54. The molecule has 0 N–H and O–H groups in total. The maximum absolute atomic E-state index is 14.1. The molecule has 5 nitrogen and oxygen atoms in total. The fourth-order valence-electron chi connectivity index (χ4n) is 3.09. The van der Waals surface area contributed by atoms with Gasteiger partial charge in [-0.2, -0.15) is 0 Å². The molecule has 1 fully saturated rings. The molecule has 4 rings (SSSR count). The van der Waals surface area contributed by atoms with Crippen molar-refractivity contribution in [1.82, 2.24) is 0 Å². The third-order valence-electron chi connectivity index (χ3n) is 4.68. The number of amides is 2. The normalized spacial score (nSPS) is 14.8. The smallest absolute Gasteiger partial charge is 0.298 e. The number of anilines is 1. The number of halogens is 2. The molecular weight excluding hydrogens is 453 g/mol. The molecule has 0 atom stereocenters. The molecule has 0 unspecified atom stereocenters. The van der Waals surface area contributed by atoms with E-state index < -0.39 is 17.0 Å². The Hall–Kier alpha value is -3.29. The Morgan fingerprint density at radius 1 is 1.03 bits per heavy atom. The summed E-state index contributed by atoms with van der Waals surface area (Å²) in [4.78, 5) is 26.2. The monoisotopic (exact) mass is 469 g/mol. The Balaban J connectivity index is 1.54. The second-order valence-corrected chi connectivity index (χ2v) is 8.22. The number of hydrogen-bond acceptors (Lipinski definition) is 5. The second kappa shape index (κ2) is 9.46. The number of benzene rings is 3. The van der Waals surface area contributed by atoms with Crippen molar-refractivity contribution >= 4 is 46.3 Å². The highest BCUT2D eigenvalue weighted by molar-refractivity contribution is 8.19. The number of hydrogen-bond donors (Lipinski definition) is 0. The first-order chi connectivity index (χ1) is 15.5. The van der Waals surface area contributed by atoms with Crippen LogP contribution in [0, 0.1) is 5.82 Å². The number of carbonyl (C=O) groups is 2. The van der Waals surface area contributed by atoms with Crippen LogP contribution in [-0.4, -0.2) is 18.3 Å². The van der Waals surface area contributed by atoms with Gasteiger partial charge in [0.15, 0.2) is 11.5 Å². The fraction of sp³-hybridized carbons (Fsp3) is 0.0833. The molecule has 1 aliphatic heterocycles. The van der Waals surface area contributed by atoms with Gasteiger partial charge in [0.2, 0.25) is 0 Å². The lowest BCUT2D eigenvalue weighted by Crippen LogP contribution is -2.28. The zero-order valence-corrected chi connectivity index (χ0v) is 18.5. The van der Waals surface area contributed by atoms with Gasteiger partial charge in [-0.05, 0) is 65.4 Å². The Morgan fingerprint density at radius 3 is 2.50 bits per heavy atom. The largest absolute Gasteiger partial charge is 0.493 e. The summed E-state index contributed by atoms with van der Waals surface area (Å²) < 4.78 is 25.3. The molecule has 1 aliphatic rings. The summed E-state index contributed by atoms with van der Waals surface area (Å²) in [5.41, 5.74) is 1.52. The van der Waals surface area contributed by atoms with Gasteiger partial charge in [-0.3, -0.25) is 9.59 Å². The lowest BCUT2D eigenvalue weighted by molar-refractivity contribution is -0.113. The van der Waals surface area contributed by atoms with Gasteiger partial charge in [0, 0.05) is 5.02 Å². The van der Waals surface area contributed by atoms with Gasteiger partial charge >= 0.3 is 0 Å². The van der Waals surface area contributed by atoms with E-state index in [0.29, 0.717) is 28.7 Å². The van der Waals surface area contributed by atoms with Crippen LogP contribution in [0.15, 0.2) is 71.6 Å². The summed E-state index contributed by atoms with van der Waals surface area (Å²) >= 11 is 6.66. The van der Waals surface area contributed by atoms with E-state index in [1.807, 2.05) is 12.1 Å². The molecule has 0 radical (unpaired) electrons. The van der Waals surface area contributed by atoms with E-state index in [1.165, 1.54) is 25.3 Å². The van der Waals surface area contributed by atoms with Gasteiger partial charge in [0.1, 0.15) is 12.4 Å². The molecule has 1 saturated heterocycles. The maximum atomic E-state index is 14.1. The topological polar surface area (TPSA) is 55.8 Å². The number of rotatable bonds is 6. The summed E-state index contributed by atoms with van der Waals surface area (Å²) in [6, 6.07) is 18.1. The van der Waals surface area contributed by atoms with E-state index in [9.17, 15) is 14.0 Å². The maximum Gasteiger partial charge on any atom is 0.298 e. The highest BCUT2D eigenvalue weighted by atomic mass is 35.5. The third kappa shape index (κ3) is 4.64. The van der Waals surface area contributed by atoms with Crippen LogP contribution in [0.1, 0.15) is 11.1 Å². The van der Waals surface area contributed by atoms with E-state index in [0.717, 1.165) is 22.2 Å². The van der Waals surface area contributed by atoms with Crippen LogP contribution in [-0.2, 0) is 11.4 Å². The summed E-state index contributed by atoms with van der Waals surface area (Å²) in [6.07, 6.45) is 1.57. The van der Waals surface area contributed by atoms with Crippen molar-refractivity contribution in [1.29, 1.82) is 0 Å². The molecule has 1 heterocycles. The summed E-state index contributed by atoms with van der Waals surface area (Å²) in [5.74, 6) is -0.216. The minimum atomic E-state index is -0.639. The predicted octanol–water partition coefficient (Wildman–Crippen LogP) is 6.31. The summed E-state index contributed by atoms with van der Waals surface area (Å²) in [5, 5.41) is 0.0938. The molecule has 0 aromatic heterocycles. The predicted molar refractivity (Wildman–Crippen MR) is 124 cm³/mol. The zero-order chi connectivity index (χ0) is 22.7. The molecular formula is C24H17ClFNO4S. The summed E-state index contributed by atoms with van der Waals surface area (Å²) in [7, 11) is 1.51. The quantitative estimate of drug-likeness (QED) is 0.396. The zero-order valence-electron chi connectivity index (χ0n) is 16.9. The molecule has 32 heavy (non-hydrogen) atoms. The van der Waals surface area contributed by atoms with Crippen molar-refractivity contribution in [2.75, 3.05) is 12.0 Å². The Kier molecular flexibility index (Phi) is 6.48. The van der Waals surface area contributed by atoms with Crippen molar-refractivity contribution in [3.63, 3.8) is 0 Å². The van der Waals surface area contributed by atoms with Crippen LogP contribution in [0.4, 0.5) is 14.9 Å². The molecule has 0 saturated carbocycles. The average Bonchev–Trinajstić information content (AvgIpc) is 3.07. The molecule has 8 heteroatoms. The van der Waals surface area contributed by atoms with Gasteiger partial charge in [0.25, 0.3) is 11.1 Å². The van der Waals surface area contributed by atoms with Gasteiger partial charge in [-0.15, -0.1) is 0 Å². The lowest BCUT2D eigenvalue weighted by atomic mass is 10.1. The summed E-state index contributed by atoms with van der Waals surface area (Å²) in [6.45, 7) is 0.328. The van der Waals surface area contributed by atoms with E-state index in [2.05, 4.69) is 0 Å². The van der Waals surface area contributed by atoms with Crippen molar-refractivity contribution in [3.8, 4) is 11.5 Å². The van der Waals surface area contributed by atoms with Crippen LogP contribution in [0.2, 0.25) is 5.02 Å². The van der Waals surface area contributed by atoms with Crippen molar-refractivity contribution in [2.45, 2.75) is 6.61 Å². The van der Waals surface area contributed by atoms with Gasteiger partial charge < -0.3 is 9.47 Å².